The van der Waals surface area contributed by atoms with Crippen molar-refractivity contribution in [2.75, 3.05) is 33.3 Å². The first-order valence-electron chi connectivity index (χ1n) is 7.64. The van der Waals surface area contributed by atoms with Crippen LogP contribution in [0.4, 0.5) is 0 Å². The second kappa shape index (κ2) is 8.13. The summed E-state index contributed by atoms with van der Waals surface area (Å²) in [7, 11) is 2.05. The summed E-state index contributed by atoms with van der Waals surface area (Å²) in [6, 6.07) is 0.608. The molecule has 108 valence electrons. The molecule has 1 fully saturated rings. The van der Waals surface area contributed by atoms with E-state index in [-0.39, 0.29) is 0 Å². The summed E-state index contributed by atoms with van der Waals surface area (Å²) < 4.78 is 0. The Balaban J connectivity index is 2.58. The van der Waals surface area contributed by atoms with Crippen LogP contribution in [-0.2, 0) is 0 Å². The largest absolute Gasteiger partial charge is 0.396 e. The zero-order valence-corrected chi connectivity index (χ0v) is 12.5. The summed E-state index contributed by atoms with van der Waals surface area (Å²) in [6.07, 6.45) is 7.39. The van der Waals surface area contributed by atoms with Gasteiger partial charge in [0.25, 0.3) is 0 Å². The minimum Gasteiger partial charge on any atom is -0.396 e. The van der Waals surface area contributed by atoms with E-state index in [4.69, 9.17) is 0 Å². The molecule has 1 saturated heterocycles. The molecule has 0 aromatic rings. The van der Waals surface area contributed by atoms with Gasteiger partial charge in [0.1, 0.15) is 0 Å². The van der Waals surface area contributed by atoms with E-state index in [0.29, 0.717) is 18.1 Å². The van der Waals surface area contributed by atoms with Crippen molar-refractivity contribution < 1.29 is 5.11 Å². The number of aliphatic hydroxyl groups is 1. The lowest BCUT2D eigenvalue weighted by molar-refractivity contribution is 0.0684. The fourth-order valence-electron chi connectivity index (χ4n) is 3.49. The number of hydrogen-bond donors (Lipinski definition) is 2. The maximum atomic E-state index is 9.20. The van der Waals surface area contributed by atoms with E-state index in [1.165, 1.54) is 45.2 Å². The van der Waals surface area contributed by atoms with Crippen LogP contribution in [0.2, 0.25) is 0 Å². The van der Waals surface area contributed by atoms with Crippen molar-refractivity contribution in [2.24, 2.45) is 5.41 Å². The van der Waals surface area contributed by atoms with Gasteiger partial charge in [-0.1, -0.05) is 26.7 Å². The average Bonchev–Trinajstić information content (AvgIpc) is 2.32. The molecule has 0 radical (unpaired) electrons. The van der Waals surface area contributed by atoms with Gasteiger partial charge in [-0.05, 0) is 44.7 Å². The van der Waals surface area contributed by atoms with Crippen LogP contribution in [0.1, 0.15) is 52.4 Å². The molecular formula is C15H32N2O. The van der Waals surface area contributed by atoms with Crippen LogP contribution >= 0.6 is 0 Å². The summed E-state index contributed by atoms with van der Waals surface area (Å²) in [4.78, 5) is 2.63. The number of likely N-dealkylation sites (tertiary alicyclic amines) is 1. The SMILES string of the molecule is CCCC(C)(CNC)CN1CCCCC1CCO. The molecule has 3 nitrogen and oxygen atoms in total. The van der Waals surface area contributed by atoms with E-state index in [1.54, 1.807) is 0 Å². The Morgan fingerprint density at radius 1 is 1.39 bits per heavy atom. The first-order chi connectivity index (χ1) is 8.65. The van der Waals surface area contributed by atoms with Gasteiger partial charge < -0.3 is 10.4 Å². The van der Waals surface area contributed by atoms with Crippen molar-refractivity contribution in [3.8, 4) is 0 Å². The quantitative estimate of drug-likeness (QED) is 0.699. The van der Waals surface area contributed by atoms with Gasteiger partial charge in [0.15, 0.2) is 0 Å². The lowest BCUT2D eigenvalue weighted by Crippen LogP contribution is -2.48. The molecule has 1 heterocycles. The van der Waals surface area contributed by atoms with Crippen molar-refractivity contribution in [1.82, 2.24) is 10.2 Å². The molecule has 2 N–H and O–H groups in total. The highest BCUT2D eigenvalue weighted by Crippen LogP contribution is 2.28. The van der Waals surface area contributed by atoms with E-state index >= 15 is 0 Å². The van der Waals surface area contributed by atoms with Gasteiger partial charge in [0, 0.05) is 25.7 Å². The Bertz CT molecular complexity index is 213. The molecule has 1 rings (SSSR count). The van der Waals surface area contributed by atoms with Gasteiger partial charge >= 0.3 is 0 Å². The highest BCUT2D eigenvalue weighted by Gasteiger charge is 2.30. The number of hydrogen-bond acceptors (Lipinski definition) is 3. The number of nitrogens with zero attached hydrogens (tertiary/aromatic N) is 1. The molecule has 3 heteroatoms. The fraction of sp³-hybridized carbons (Fsp3) is 1.00. The van der Waals surface area contributed by atoms with Gasteiger partial charge in [-0.3, -0.25) is 4.90 Å². The van der Waals surface area contributed by atoms with Gasteiger partial charge in [-0.2, -0.15) is 0 Å². The number of piperidine rings is 1. The van der Waals surface area contributed by atoms with Crippen molar-refractivity contribution >= 4 is 0 Å². The monoisotopic (exact) mass is 256 g/mol. The Hall–Kier alpha value is -0.120. The molecule has 0 spiro atoms. The first kappa shape index (κ1) is 15.9. The topological polar surface area (TPSA) is 35.5 Å². The Morgan fingerprint density at radius 2 is 2.17 bits per heavy atom. The molecule has 2 unspecified atom stereocenters. The second-order valence-electron chi connectivity index (χ2n) is 6.22. The minimum absolute atomic E-state index is 0.331. The zero-order chi connectivity index (χ0) is 13.4. The van der Waals surface area contributed by atoms with E-state index in [0.717, 1.165) is 13.0 Å². The number of nitrogens with one attached hydrogen (secondary N) is 1. The van der Waals surface area contributed by atoms with E-state index < -0.39 is 0 Å². The van der Waals surface area contributed by atoms with Crippen LogP contribution in [-0.4, -0.2) is 49.3 Å². The molecular weight excluding hydrogens is 224 g/mol. The maximum Gasteiger partial charge on any atom is 0.0445 e. The Kier molecular flexibility index (Phi) is 7.20. The first-order valence-corrected chi connectivity index (χ1v) is 7.64. The highest BCUT2D eigenvalue weighted by molar-refractivity contribution is 4.85. The summed E-state index contributed by atoms with van der Waals surface area (Å²) in [5.41, 5.74) is 0.370. The third-order valence-electron chi connectivity index (χ3n) is 4.25. The fourth-order valence-corrected chi connectivity index (χ4v) is 3.49. The highest BCUT2D eigenvalue weighted by atomic mass is 16.3. The predicted molar refractivity (Wildman–Crippen MR) is 77.9 cm³/mol. The molecule has 2 atom stereocenters. The van der Waals surface area contributed by atoms with Crippen LogP contribution < -0.4 is 5.32 Å². The van der Waals surface area contributed by atoms with Crippen molar-refractivity contribution in [2.45, 2.75) is 58.4 Å². The molecule has 0 aliphatic carbocycles. The van der Waals surface area contributed by atoms with Crippen molar-refractivity contribution in [1.29, 1.82) is 0 Å². The number of rotatable bonds is 8. The normalized spacial score (nSPS) is 25.0. The lowest BCUT2D eigenvalue weighted by Gasteiger charge is -2.42. The molecule has 0 aromatic heterocycles. The Morgan fingerprint density at radius 3 is 2.78 bits per heavy atom. The van der Waals surface area contributed by atoms with Gasteiger partial charge in [-0.25, -0.2) is 0 Å². The van der Waals surface area contributed by atoms with Gasteiger partial charge in [0.2, 0.25) is 0 Å². The second-order valence-corrected chi connectivity index (χ2v) is 6.22. The third kappa shape index (κ3) is 4.87. The van der Waals surface area contributed by atoms with Gasteiger partial charge in [-0.15, -0.1) is 0 Å². The third-order valence-corrected chi connectivity index (χ3v) is 4.25. The van der Waals surface area contributed by atoms with Crippen LogP contribution in [0.5, 0.6) is 0 Å². The molecule has 0 aromatic carbocycles. The average molecular weight is 256 g/mol. The predicted octanol–water partition coefficient (Wildman–Crippen LogP) is 2.25. The van der Waals surface area contributed by atoms with Crippen LogP contribution in [0.3, 0.4) is 0 Å². The molecule has 18 heavy (non-hydrogen) atoms. The van der Waals surface area contributed by atoms with E-state index in [1.807, 2.05) is 0 Å². The number of aliphatic hydroxyl groups excluding tert-OH is 1. The maximum absolute atomic E-state index is 9.20. The van der Waals surface area contributed by atoms with E-state index in [9.17, 15) is 5.11 Å². The smallest absolute Gasteiger partial charge is 0.0445 e. The molecule has 0 amide bonds. The molecule has 1 aliphatic rings. The summed E-state index contributed by atoms with van der Waals surface area (Å²) >= 11 is 0. The van der Waals surface area contributed by atoms with Crippen molar-refractivity contribution in [3.05, 3.63) is 0 Å². The standard InChI is InChI=1S/C15H32N2O/c1-4-9-15(2,12-16-3)13-17-10-6-5-7-14(17)8-11-18/h14,16,18H,4-13H2,1-3H3. The summed E-state index contributed by atoms with van der Waals surface area (Å²) in [5.74, 6) is 0. The molecule has 0 saturated carbocycles. The summed E-state index contributed by atoms with van der Waals surface area (Å²) in [6.45, 7) is 8.48. The summed E-state index contributed by atoms with van der Waals surface area (Å²) in [5, 5.41) is 12.6. The van der Waals surface area contributed by atoms with Crippen molar-refractivity contribution in [3.63, 3.8) is 0 Å². The van der Waals surface area contributed by atoms with Crippen LogP contribution in [0.25, 0.3) is 0 Å². The zero-order valence-electron chi connectivity index (χ0n) is 12.5. The minimum atomic E-state index is 0.331. The van der Waals surface area contributed by atoms with Crippen LogP contribution in [0.15, 0.2) is 0 Å². The van der Waals surface area contributed by atoms with E-state index in [2.05, 4.69) is 31.1 Å². The lowest BCUT2D eigenvalue weighted by atomic mass is 9.83. The molecule has 1 aliphatic heterocycles. The Labute approximate surface area is 113 Å². The van der Waals surface area contributed by atoms with Crippen LogP contribution in [0, 0.1) is 5.41 Å². The molecule has 0 bridgehead atoms. The van der Waals surface area contributed by atoms with Gasteiger partial charge in [0.05, 0.1) is 0 Å².